The number of methoxy groups -OCH3 is 1. The van der Waals surface area contributed by atoms with E-state index in [9.17, 15) is 4.79 Å². The number of pyridine rings is 1. The van der Waals surface area contributed by atoms with Crippen LogP contribution in [0.3, 0.4) is 0 Å². The molecule has 1 aromatic carbocycles. The molecule has 4 rings (SSSR count). The van der Waals surface area contributed by atoms with Gasteiger partial charge < -0.3 is 14.8 Å². The van der Waals surface area contributed by atoms with Crippen molar-refractivity contribution in [1.29, 1.82) is 0 Å². The highest BCUT2D eigenvalue weighted by molar-refractivity contribution is 7.14. The fourth-order valence-electron chi connectivity index (χ4n) is 2.93. The third kappa shape index (κ3) is 4.16. The van der Waals surface area contributed by atoms with Crippen LogP contribution in [0.2, 0.25) is 5.02 Å². The Morgan fingerprint density at radius 3 is 2.90 bits per heavy atom. The number of amides is 1. The van der Waals surface area contributed by atoms with E-state index >= 15 is 0 Å². The topological polar surface area (TPSA) is 78.3 Å². The Labute approximate surface area is 182 Å². The van der Waals surface area contributed by atoms with Crippen LogP contribution in [-0.4, -0.2) is 40.9 Å². The molecule has 154 valence electrons. The summed E-state index contributed by atoms with van der Waals surface area (Å²) in [4.78, 5) is 18.5. The molecule has 7 nitrogen and oxygen atoms in total. The summed E-state index contributed by atoms with van der Waals surface area (Å²) in [7, 11) is 1.60. The Morgan fingerprint density at radius 1 is 1.27 bits per heavy atom. The van der Waals surface area contributed by atoms with Gasteiger partial charge in [0.05, 0.1) is 33.9 Å². The number of aromatic nitrogens is 3. The Kier molecular flexibility index (Phi) is 5.98. The number of carbonyl (C=O) groups excluding carboxylic acids is 1. The van der Waals surface area contributed by atoms with E-state index in [0.717, 1.165) is 16.1 Å². The first kappa shape index (κ1) is 20.3. The number of benzene rings is 1. The van der Waals surface area contributed by atoms with E-state index in [1.54, 1.807) is 36.2 Å². The molecule has 0 aliphatic rings. The van der Waals surface area contributed by atoms with Crippen molar-refractivity contribution in [3.05, 3.63) is 63.4 Å². The number of hydrogen-bond acceptors (Lipinski definition) is 6. The van der Waals surface area contributed by atoms with Gasteiger partial charge in [-0.3, -0.25) is 4.79 Å². The van der Waals surface area contributed by atoms with Gasteiger partial charge in [0.1, 0.15) is 11.3 Å². The fourth-order valence-corrected chi connectivity index (χ4v) is 4.02. The quantitative estimate of drug-likeness (QED) is 0.423. The van der Waals surface area contributed by atoms with E-state index in [2.05, 4.69) is 15.4 Å². The molecule has 3 heterocycles. The molecule has 0 saturated carbocycles. The van der Waals surface area contributed by atoms with Gasteiger partial charge in [-0.2, -0.15) is 5.10 Å². The first-order valence-electron chi connectivity index (χ1n) is 9.22. The summed E-state index contributed by atoms with van der Waals surface area (Å²) >= 11 is 7.57. The maximum absolute atomic E-state index is 12.3. The predicted molar refractivity (Wildman–Crippen MR) is 117 cm³/mol. The number of nitrogens with one attached hydrogen (secondary N) is 1. The van der Waals surface area contributed by atoms with Crippen LogP contribution in [0.5, 0.6) is 11.6 Å². The first-order valence-corrected chi connectivity index (χ1v) is 10.4. The summed E-state index contributed by atoms with van der Waals surface area (Å²) in [5.41, 5.74) is 2.33. The molecular weight excluding hydrogens is 424 g/mol. The van der Waals surface area contributed by atoms with Crippen molar-refractivity contribution in [2.24, 2.45) is 0 Å². The molecule has 0 radical (unpaired) electrons. The fraction of sp³-hybridized carbons (Fsp3) is 0.190. The highest BCUT2D eigenvalue weighted by atomic mass is 35.5. The smallest absolute Gasteiger partial charge is 0.261 e. The predicted octanol–water partition coefficient (Wildman–Crippen LogP) is 4.61. The second-order valence-electron chi connectivity index (χ2n) is 6.44. The number of nitrogens with zero attached hydrogens (tertiary/aromatic N) is 3. The highest BCUT2D eigenvalue weighted by Crippen LogP contribution is 2.31. The molecule has 0 spiro atoms. The molecule has 30 heavy (non-hydrogen) atoms. The van der Waals surface area contributed by atoms with Crippen molar-refractivity contribution in [2.75, 3.05) is 20.3 Å². The zero-order chi connectivity index (χ0) is 21.1. The van der Waals surface area contributed by atoms with Crippen molar-refractivity contribution in [2.45, 2.75) is 6.92 Å². The Morgan fingerprint density at radius 2 is 2.10 bits per heavy atom. The molecule has 4 aromatic rings. The number of thiophene rings is 1. The number of hydrogen-bond donors (Lipinski definition) is 1. The summed E-state index contributed by atoms with van der Waals surface area (Å²) in [5, 5.41) is 7.82. The summed E-state index contributed by atoms with van der Waals surface area (Å²) in [6, 6.07) is 12.7. The van der Waals surface area contributed by atoms with Gasteiger partial charge in [-0.05, 0) is 31.2 Å². The van der Waals surface area contributed by atoms with Crippen LogP contribution in [0.15, 0.2) is 48.7 Å². The molecule has 0 atom stereocenters. The normalized spacial score (nSPS) is 11.0. The number of ether oxygens (including phenoxy) is 2. The average Bonchev–Trinajstić information content (AvgIpc) is 3.32. The van der Waals surface area contributed by atoms with Gasteiger partial charge in [0, 0.05) is 24.6 Å². The van der Waals surface area contributed by atoms with Crippen LogP contribution in [-0.2, 0) is 4.74 Å². The lowest BCUT2D eigenvalue weighted by Crippen LogP contribution is -2.26. The molecule has 3 aromatic heterocycles. The third-order valence-corrected chi connectivity index (χ3v) is 5.74. The molecular formula is C21H19ClN4O3S. The van der Waals surface area contributed by atoms with Gasteiger partial charge in [0.2, 0.25) is 5.88 Å². The van der Waals surface area contributed by atoms with Crippen LogP contribution >= 0.6 is 22.9 Å². The minimum Gasteiger partial charge on any atom is -0.437 e. The van der Waals surface area contributed by atoms with Crippen molar-refractivity contribution >= 4 is 39.9 Å². The molecule has 0 unspecified atom stereocenters. The maximum atomic E-state index is 12.3. The average molecular weight is 443 g/mol. The van der Waals surface area contributed by atoms with Gasteiger partial charge in [-0.25, -0.2) is 9.67 Å². The maximum Gasteiger partial charge on any atom is 0.261 e. The summed E-state index contributed by atoms with van der Waals surface area (Å²) in [5.74, 6) is 0.836. The van der Waals surface area contributed by atoms with Gasteiger partial charge >= 0.3 is 0 Å². The van der Waals surface area contributed by atoms with E-state index in [4.69, 9.17) is 21.1 Å². The molecule has 0 aliphatic carbocycles. The van der Waals surface area contributed by atoms with Crippen LogP contribution in [0, 0.1) is 6.92 Å². The monoisotopic (exact) mass is 442 g/mol. The van der Waals surface area contributed by atoms with Gasteiger partial charge in [0.15, 0.2) is 0 Å². The minimum absolute atomic E-state index is 0.128. The highest BCUT2D eigenvalue weighted by Gasteiger charge is 2.16. The molecule has 0 bridgehead atoms. The second kappa shape index (κ2) is 8.83. The standard InChI is InChI=1S/C21H19ClN4O3S/c1-13-17(11-19(30-13)21(27)23-9-10-28-2)26-16-7-8-20(25-15(16)12-24-26)29-18-6-4-3-5-14(18)22/h3-8,11-12H,9-10H2,1-2H3,(H,23,27). The van der Waals surface area contributed by atoms with Crippen LogP contribution in [0.1, 0.15) is 14.5 Å². The Balaban J connectivity index is 1.60. The Bertz CT molecular complexity index is 1200. The van der Waals surface area contributed by atoms with E-state index in [1.807, 2.05) is 31.2 Å². The van der Waals surface area contributed by atoms with Crippen molar-refractivity contribution in [3.63, 3.8) is 0 Å². The van der Waals surface area contributed by atoms with Crippen LogP contribution in [0.4, 0.5) is 0 Å². The van der Waals surface area contributed by atoms with Crippen LogP contribution in [0.25, 0.3) is 16.7 Å². The second-order valence-corrected chi connectivity index (χ2v) is 8.11. The van der Waals surface area contributed by atoms with E-state index in [1.165, 1.54) is 11.3 Å². The molecule has 0 saturated heterocycles. The Hall–Kier alpha value is -2.94. The molecule has 9 heteroatoms. The van der Waals surface area contributed by atoms with Crippen molar-refractivity contribution in [3.8, 4) is 17.3 Å². The summed E-state index contributed by atoms with van der Waals surface area (Å²) in [6.07, 6.45) is 1.67. The van der Waals surface area contributed by atoms with Crippen LogP contribution < -0.4 is 10.1 Å². The zero-order valence-electron chi connectivity index (χ0n) is 16.4. The number of carbonyl (C=O) groups is 1. The lowest BCUT2D eigenvalue weighted by atomic mass is 10.3. The van der Waals surface area contributed by atoms with Gasteiger partial charge in [-0.15, -0.1) is 11.3 Å². The van der Waals surface area contributed by atoms with Gasteiger partial charge in [-0.1, -0.05) is 23.7 Å². The SMILES string of the molecule is COCCNC(=O)c1cc(-n2ncc3nc(Oc4ccccc4Cl)ccc32)c(C)s1. The van der Waals surface area contributed by atoms with E-state index in [0.29, 0.717) is 40.2 Å². The first-order chi connectivity index (χ1) is 14.6. The molecule has 1 amide bonds. The number of para-hydroxylation sites is 1. The zero-order valence-corrected chi connectivity index (χ0v) is 18.0. The van der Waals surface area contributed by atoms with E-state index < -0.39 is 0 Å². The lowest BCUT2D eigenvalue weighted by Gasteiger charge is -2.07. The molecule has 1 N–H and O–H groups in total. The summed E-state index contributed by atoms with van der Waals surface area (Å²) < 4.78 is 12.5. The molecule has 0 aliphatic heterocycles. The summed E-state index contributed by atoms with van der Waals surface area (Å²) in [6.45, 7) is 2.89. The number of halogens is 1. The van der Waals surface area contributed by atoms with E-state index in [-0.39, 0.29) is 5.91 Å². The number of aryl methyl sites for hydroxylation is 1. The largest absolute Gasteiger partial charge is 0.437 e. The number of rotatable bonds is 7. The van der Waals surface area contributed by atoms with Crippen molar-refractivity contribution in [1.82, 2.24) is 20.1 Å². The molecule has 0 fully saturated rings. The third-order valence-electron chi connectivity index (χ3n) is 4.39. The minimum atomic E-state index is -0.128. The number of fused-ring (bicyclic) bond motifs is 1. The van der Waals surface area contributed by atoms with Gasteiger partial charge in [0.25, 0.3) is 5.91 Å². The van der Waals surface area contributed by atoms with Crippen molar-refractivity contribution < 1.29 is 14.3 Å². The lowest BCUT2D eigenvalue weighted by molar-refractivity contribution is 0.0941.